The minimum absolute atomic E-state index is 0.254. The number of carbonyl (C=O) groups is 1. The number of ether oxygens (including phenoxy) is 1. The van der Waals surface area contributed by atoms with Gasteiger partial charge in [0.25, 0.3) is 0 Å². The molecule has 1 aliphatic rings. The molecule has 0 fully saturated rings. The summed E-state index contributed by atoms with van der Waals surface area (Å²) in [5, 5.41) is 11.4. The molecule has 0 bridgehead atoms. The number of aliphatic carboxylic acids is 1. The van der Waals surface area contributed by atoms with Crippen LogP contribution in [0.4, 0.5) is 0 Å². The molecule has 3 aromatic carbocycles. The van der Waals surface area contributed by atoms with Crippen molar-refractivity contribution in [3.63, 3.8) is 0 Å². The van der Waals surface area contributed by atoms with Gasteiger partial charge < -0.3 is 9.84 Å². The molecule has 1 aliphatic carbocycles. The maximum atomic E-state index is 10.9. The third-order valence-electron chi connectivity index (χ3n) is 5.19. The summed E-state index contributed by atoms with van der Waals surface area (Å²) >= 11 is 0. The zero-order chi connectivity index (χ0) is 17.9. The first-order valence-corrected chi connectivity index (χ1v) is 9.11. The molecule has 0 aliphatic heterocycles. The molecule has 0 spiro atoms. The lowest BCUT2D eigenvalue weighted by Crippen LogP contribution is -2.17. The fourth-order valence-electron chi connectivity index (χ4n) is 3.81. The van der Waals surface area contributed by atoms with Crippen molar-refractivity contribution in [1.82, 2.24) is 0 Å². The Morgan fingerprint density at radius 1 is 1.00 bits per heavy atom. The fraction of sp³-hybridized carbons (Fsp3) is 0.261. The van der Waals surface area contributed by atoms with Crippen molar-refractivity contribution >= 4 is 16.7 Å². The Morgan fingerprint density at radius 3 is 2.69 bits per heavy atom. The van der Waals surface area contributed by atoms with E-state index in [9.17, 15) is 4.79 Å². The van der Waals surface area contributed by atoms with Crippen molar-refractivity contribution in [2.75, 3.05) is 0 Å². The summed E-state index contributed by atoms with van der Waals surface area (Å²) < 4.78 is 6.00. The molecule has 4 rings (SSSR count). The summed E-state index contributed by atoms with van der Waals surface area (Å²) in [6.07, 6.45) is 2.99. The quantitative estimate of drug-likeness (QED) is 0.707. The number of hydrogen-bond donors (Lipinski definition) is 1. The number of benzene rings is 3. The Morgan fingerprint density at radius 2 is 1.85 bits per heavy atom. The van der Waals surface area contributed by atoms with Gasteiger partial charge in [-0.15, -0.1) is 0 Å². The average molecular weight is 346 g/mol. The summed E-state index contributed by atoms with van der Waals surface area (Å²) in [7, 11) is 0. The first-order chi connectivity index (χ1) is 12.7. The van der Waals surface area contributed by atoms with Gasteiger partial charge in [0.05, 0.1) is 0 Å². The number of carboxylic acid groups (broad SMARTS) is 1. The van der Waals surface area contributed by atoms with E-state index >= 15 is 0 Å². The molecule has 1 atom stereocenters. The Balaban J connectivity index is 1.43. The Hall–Kier alpha value is -2.81. The van der Waals surface area contributed by atoms with E-state index in [0.29, 0.717) is 6.61 Å². The van der Waals surface area contributed by atoms with Gasteiger partial charge in [-0.25, -0.2) is 0 Å². The van der Waals surface area contributed by atoms with Crippen molar-refractivity contribution in [2.45, 2.75) is 32.3 Å². The Bertz CT molecular complexity index is 945. The van der Waals surface area contributed by atoms with Crippen LogP contribution in [0.3, 0.4) is 0 Å². The highest BCUT2D eigenvalue weighted by molar-refractivity contribution is 5.82. The van der Waals surface area contributed by atoms with Gasteiger partial charge in [0.1, 0.15) is 12.4 Å². The van der Waals surface area contributed by atoms with Gasteiger partial charge in [-0.3, -0.25) is 4.79 Å². The number of rotatable bonds is 5. The molecule has 3 nitrogen and oxygen atoms in total. The van der Waals surface area contributed by atoms with E-state index in [1.165, 1.54) is 21.9 Å². The summed E-state index contributed by atoms with van der Waals surface area (Å²) in [5.41, 5.74) is 3.71. The molecule has 132 valence electrons. The van der Waals surface area contributed by atoms with Crippen LogP contribution in [0.1, 0.15) is 29.5 Å². The fourth-order valence-corrected chi connectivity index (χ4v) is 3.81. The lowest BCUT2D eigenvalue weighted by atomic mass is 9.82. The maximum Gasteiger partial charge on any atom is 0.303 e. The van der Waals surface area contributed by atoms with Gasteiger partial charge in [-0.05, 0) is 70.8 Å². The molecule has 0 radical (unpaired) electrons. The second-order valence-corrected chi connectivity index (χ2v) is 7.11. The van der Waals surface area contributed by atoms with E-state index in [1.807, 2.05) is 18.2 Å². The van der Waals surface area contributed by atoms with Gasteiger partial charge in [0.2, 0.25) is 0 Å². The van der Waals surface area contributed by atoms with Crippen molar-refractivity contribution in [2.24, 2.45) is 5.92 Å². The van der Waals surface area contributed by atoms with Gasteiger partial charge in [-0.1, -0.05) is 42.5 Å². The van der Waals surface area contributed by atoms with Crippen LogP contribution in [0.5, 0.6) is 5.75 Å². The smallest absolute Gasteiger partial charge is 0.303 e. The largest absolute Gasteiger partial charge is 0.489 e. The first kappa shape index (κ1) is 16.6. The second kappa shape index (κ2) is 7.20. The highest BCUT2D eigenvalue weighted by Gasteiger charge is 2.21. The number of fused-ring (bicyclic) bond motifs is 2. The molecule has 0 saturated heterocycles. The minimum Gasteiger partial charge on any atom is -0.489 e. The molecule has 1 N–H and O–H groups in total. The van der Waals surface area contributed by atoms with Crippen molar-refractivity contribution in [3.05, 3.63) is 77.4 Å². The van der Waals surface area contributed by atoms with Gasteiger partial charge in [0.15, 0.2) is 0 Å². The van der Waals surface area contributed by atoms with Crippen LogP contribution in [0.2, 0.25) is 0 Å². The molecule has 26 heavy (non-hydrogen) atoms. The van der Waals surface area contributed by atoms with E-state index in [-0.39, 0.29) is 12.3 Å². The predicted molar refractivity (Wildman–Crippen MR) is 102 cm³/mol. The summed E-state index contributed by atoms with van der Waals surface area (Å²) in [5.74, 6) is 0.437. The van der Waals surface area contributed by atoms with E-state index in [0.717, 1.165) is 30.6 Å². The number of aryl methyl sites for hydroxylation is 1. The van der Waals surface area contributed by atoms with Gasteiger partial charge >= 0.3 is 5.97 Å². The van der Waals surface area contributed by atoms with Crippen LogP contribution >= 0.6 is 0 Å². The Kier molecular flexibility index (Phi) is 4.61. The number of hydrogen-bond acceptors (Lipinski definition) is 2. The monoisotopic (exact) mass is 346 g/mol. The van der Waals surface area contributed by atoms with Crippen molar-refractivity contribution < 1.29 is 14.6 Å². The van der Waals surface area contributed by atoms with Crippen molar-refractivity contribution in [3.8, 4) is 5.75 Å². The third-order valence-corrected chi connectivity index (χ3v) is 5.19. The SMILES string of the molecule is O=C(O)CC1CCc2cc(OCc3ccc4ccccc4c3)ccc2C1. The molecule has 0 heterocycles. The molecule has 0 aromatic heterocycles. The lowest BCUT2D eigenvalue weighted by molar-refractivity contribution is -0.138. The zero-order valence-corrected chi connectivity index (χ0v) is 14.7. The summed E-state index contributed by atoms with van der Waals surface area (Å²) in [6.45, 7) is 0.547. The highest BCUT2D eigenvalue weighted by atomic mass is 16.5. The van der Waals surface area contributed by atoms with E-state index in [4.69, 9.17) is 9.84 Å². The normalized spacial score (nSPS) is 16.2. The topological polar surface area (TPSA) is 46.5 Å². The second-order valence-electron chi connectivity index (χ2n) is 7.11. The van der Waals surface area contributed by atoms with E-state index in [1.54, 1.807) is 0 Å². The number of carboxylic acids is 1. The van der Waals surface area contributed by atoms with Gasteiger partial charge in [-0.2, -0.15) is 0 Å². The third kappa shape index (κ3) is 3.72. The predicted octanol–water partition coefficient (Wildman–Crippen LogP) is 5.00. The molecule has 1 unspecified atom stereocenters. The van der Waals surface area contributed by atoms with E-state index < -0.39 is 5.97 Å². The molecule has 0 saturated carbocycles. The van der Waals surface area contributed by atoms with Crippen LogP contribution in [0.15, 0.2) is 60.7 Å². The van der Waals surface area contributed by atoms with Crippen LogP contribution in [-0.2, 0) is 24.2 Å². The van der Waals surface area contributed by atoms with Crippen LogP contribution < -0.4 is 4.74 Å². The lowest BCUT2D eigenvalue weighted by Gasteiger charge is -2.24. The minimum atomic E-state index is -0.700. The standard InChI is InChI=1S/C23H22O3/c24-23(25)13-16-5-8-21-14-22(10-9-20(21)11-16)26-15-17-6-7-18-3-1-2-4-19(18)12-17/h1-4,6-7,9-10,12,14,16H,5,8,11,13,15H2,(H,24,25). The Labute approximate surface area is 153 Å². The highest BCUT2D eigenvalue weighted by Crippen LogP contribution is 2.30. The molecule has 0 amide bonds. The molecule has 3 heteroatoms. The molecule has 3 aromatic rings. The van der Waals surface area contributed by atoms with Crippen LogP contribution in [0, 0.1) is 5.92 Å². The van der Waals surface area contributed by atoms with Crippen molar-refractivity contribution in [1.29, 1.82) is 0 Å². The maximum absolute atomic E-state index is 10.9. The van der Waals surface area contributed by atoms with Gasteiger partial charge in [0, 0.05) is 6.42 Å². The van der Waals surface area contributed by atoms with Crippen LogP contribution in [0.25, 0.3) is 10.8 Å². The first-order valence-electron chi connectivity index (χ1n) is 9.11. The molecular formula is C23H22O3. The zero-order valence-electron chi connectivity index (χ0n) is 14.7. The van der Waals surface area contributed by atoms with Crippen LogP contribution in [-0.4, -0.2) is 11.1 Å². The summed E-state index contributed by atoms with van der Waals surface area (Å²) in [6, 6.07) is 21.0. The molecular weight excluding hydrogens is 324 g/mol. The van der Waals surface area contributed by atoms with E-state index in [2.05, 4.69) is 42.5 Å². The average Bonchev–Trinajstić information content (AvgIpc) is 2.65. The summed E-state index contributed by atoms with van der Waals surface area (Å²) in [4.78, 5) is 10.9.